The predicted octanol–water partition coefficient (Wildman–Crippen LogP) is 2.94. The molecule has 98 valence electrons. The molecular weight excluding hydrogens is 266 g/mol. The lowest BCUT2D eigenvalue weighted by Gasteiger charge is -2.10. The smallest absolute Gasteiger partial charge is 0.307 e. The molecule has 19 heavy (non-hydrogen) atoms. The molecule has 0 saturated carbocycles. The molecule has 0 saturated heterocycles. The molecule has 0 atom stereocenters. The lowest BCUT2D eigenvalue weighted by atomic mass is 10.1. The van der Waals surface area contributed by atoms with Gasteiger partial charge in [-0.2, -0.15) is 0 Å². The minimum absolute atomic E-state index is 0.0692. The molecule has 0 aliphatic carbocycles. The zero-order valence-electron chi connectivity index (χ0n) is 10.0. The number of aliphatic carboxylic acids is 1. The van der Waals surface area contributed by atoms with Gasteiger partial charge in [-0.1, -0.05) is 29.8 Å². The van der Waals surface area contributed by atoms with Gasteiger partial charge in [0.2, 0.25) is 0 Å². The molecule has 4 nitrogen and oxygen atoms in total. The molecule has 1 N–H and O–H groups in total. The lowest BCUT2D eigenvalue weighted by Crippen LogP contribution is -2.04. The summed E-state index contributed by atoms with van der Waals surface area (Å²) in [5.74, 6) is -0.337. The Morgan fingerprint density at radius 3 is 2.79 bits per heavy atom. The van der Waals surface area contributed by atoms with E-state index >= 15 is 0 Å². The first-order chi connectivity index (χ1) is 9.16. The van der Waals surface area contributed by atoms with Crippen molar-refractivity contribution in [3.8, 4) is 5.75 Å². The Balaban J connectivity index is 2.11. The van der Waals surface area contributed by atoms with Gasteiger partial charge in [-0.05, 0) is 12.1 Å². The van der Waals surface area contributed by atoms with Crippen LogP contribution in [0.1, 0.15) is 11.1 Å². The fourth-order valence-corrected chi connectivity index (χ4v) is 1.80. The highest BCUT2D eigenvalue weighted by atomic mass is 35.5. The van der Waals surface area contributed by atoms with Crippen molar-refractivity contribution in [3.63, 3.8) is 0 Å². The van der Waals surface area contributed by atoms with E-state index in [1.165, 1.54) is 0 Å². The lowest BCUT2D eigenvalue weighted by molar-refractivity contribution is -0.136. The molecule has 2 aromatic rings. The zero-order valence-corrected chi connectivity index (χ0v) is 10.8. The van der Waals surface area contributed by atoms with Crippen LogP contribution in [0.15, 0.2) is 42.7 Å². The molecule has 0 spiro atoms. The highest BCUT2D eigenvalue weighted by Gasteiger charge is 2.08. The first-order valence-electron chi connectivity index (χ1n) is 5.67. The van der Waals surface area contributed by atoms with E-state index in [0.717, 1.165) is 5.56 Å². The van der Waals surface area contributed by atoms with E-state index in [9.17, 15) is 4.79 Å². The van der Waals surface area contributed by atoms with Gasteiger partial charge in [0.25, 0.3) is 0 Å². The first-order valence-corrected chi connectivity index (χ1v) is 6.05. The van der Waals surface area contributed by atoms with E-state index in [1.54, 1.807) is 42.7 Å². The third-order valence-corrected chi connectivity index (χ3v) is 2.89. The van der Waals surface area contributed by atoms with Crippen LogP contribution in [0.25, 0.3) is 0 Å². The van der Waals surface area contributed by atoms with Gasteiger partial charge in [0.15, 0.2) is 0 Å². The number of para-hydroxylation sites is 1. The number of rotatable bonds is 5. The van der Waals surface area contributed by atoms with E-state index < -0.39 is 5.97 Å². The summed E-state index contributed by atoms with van der Waals surface area (Å²) in [4.78, 5) is 14.7. The molecule has 5 heteroatoms. The van der Waals surface area contributed by atoms with Crippen LogP contribution in [0.3, 0.4) is 0 Å². The van der Waals surface area contributed by atoms with Crippen molar-refractivity contribution in [2.75, 3.05) is 0 Å². The molecule has 0 unspecified atom stereocenters. The van der Waals surface area contributed by atoms with E-state index in [0.29, 0.717) is 16.3 Å². The second kappa shape index (κ2) is 6.20. The van der Waals surface area contributed by atoms with Gasteiger partial charge < -0.3 is 9.84 Å². The van der Waals surface area contributed by atoms with Crippen LogP contribution in [0.2, 0.25) is 5.02 Å². The van der Waals surface area contributed by atoms with Gasteiger partial charge in [-0.15, -0.1) is 0 Å². The van der Waals surface area contributed by atoms with Crippen LogP contribution in [0, 0.1) is 0 Å². The fraction of sp³-hybridized carbons (Fsp3) is 0.143. The fourth-order valence-electron chi connectivity index (χ4n) is 1.63. The number of halogens is 1. The number of ether oxygens (including phenoxy) is 1. The van der Waals surface area contributed by atoms with Crippen LogP contribution in [-0.4, -0.2) is 16.1 Å². The summed E-state index contributed by atoms with van der Waals surface area (Å²) in [6.07, 6.45) is 3.11. The average Bonchev–Trinajstić information content (AvgIpc) is 2.39. The van der Waals surface area contributed by atoms with Crippen molar-refractivity contribution >= 4 is 17.6 Å². The molecular formula is C14H12ClNO3. The van der Waals surface area contributed by atoms with E-state index in [4.69, 9.17) is 21.4 Å². The number of carboxylic acid groups (broad SMARTS) is 1. The summed E-state index contributed by atoms with van der Waals surface area (Å²) in [6, 6.07) is 8.83. The first kappa shape index (κ1) is 13.4. The van der Waals surface area contributed by atoms with Crippen molar-refractivity contribution in [2.24, 2.45) is 0 Å². The number of hydrogen-bond donors (Lipinski definition) is 1. The van der Waals surface area contributed by atoms with E-state index in [2.05, 4.69) is 4.98 Å². The maximum Gasteiger partial charge on any atom is 0.307 e. The molecule has 1 heterocycles. The zero-order chi connectivity index (χ0) is 13.7. The molecule has 1 aromatic heterocycles. The highest BCUT2D eigenvalue weighted by Crippen LogP contribution is 2.21. The Bertz CT molecular complexity index is 586. The van der Waals surface area contributed by atoms with Gasteiger partial charge >= 0.3 is 5.97 Å². The molecule has 2 rings (SSSR count). The molecule has 0 bridgehead atoms. The van der Waals surface area contributed by atoms with Crippen LogP contribution in [0.5, 0.6) is 5.75 Å². The summed E-state index contributed by atoms with van der Waals surface area (Å²) < 4.78 is 5.63. The quantitative estimate of drug-likeness (QED) is 0.913. The monoisotopic (exact) mass is 277 g/mol. The second-order valence-electron chi connectivity index (χ2n) is 3.93. The third-order valence-electron chi connectivity index (χ3n) is 2.55. The normalized spacial score (nSPS) is 10.2. The van der Waals surface area contributed by atoms with Gasteiger partial charge in [0.1, 0.15) is 12.4 Å². The van der Waals surface area contributed by atoms with Crippen molar-refractivity contribution < 1.29 is 14.6 Å². The summed E-state index contributed by atoms with van der Waals surface area (Å²) in [7, 11) is 0. The Morgan fingerprint density at radius 2 is 2.05 bits per heavy atom. The van der Waals surface area contributed by atoms with Gasteiger partial charge in [0.05, 0.1) is 11.4 Å². The maximum absolute atomic E-state index is 10.8. The molecule has 1 aromatic carbocycles. The maximum atomic E-state index is 10.8. The van der Waals surface area contributed by atoms with Gasteiger partial charge in [0, 0.05) is 23.5 Å². The Labute approximate surface area is 115 Å². The molecule has 0 fully saturated rings. The van der Waals surface area contributed by atoms with Gasteiger partial charge in [-0.3, -0.25) is 9.78 Å². The Hall–Kier alpha value is -2.07. The summed E-state index contributed by atoms with van der Waals surface area (Å²) in [6.45, 7) is 0.276. The number of benzene rings is 1. The van der Waals surface area contributed by atoms with Crippen molar-refractivity contribution in [1.29, 1.82) is 0 Å². The van der Waals surface area contributed by atoms with Crippen molar-refractivity contribution in [3.05, 3.63) is 58.9 Å². The summed E-state index contributed by atoms with van der Waals surface area (Å²) >= 11 is 5.98. The minimum atomic E-state index is -0.891. The standard InChI is InChI=1S/C14H12ClNO3/c15-12-8-16-6-5-11(12)9-19-13-4-2-1-3-10(13)7-14(17)18/h1-6,8H,7,9H2,(H,17,18). The number of nitrogens with zero attached hydrogens (tertiary/aromatic N) is 1. The average molecular weight is 278 g/mol. The van der Waals surface area contributed by atoms with Gasteiger partial charge in [-0.25, -0.2) is 0 Å². The number of carbonyl (C=O) groups is 1. The molecule has 0 aliphatic rings. The predicted molar refractivity (Wildman–Crippen MR) is 71.4 cm³/mol. The van der Waals surface area contributed by atoms with E-state index in [1.807, 2.05) is 0 Å². The van der Waals surface area contributed by atoms with E-state index in [-0.39, 0.29) is 13.0 Å². The Kier molecular flexibility index (Phi) is 4.36. The van der Waals surface area contributed by atoms with Crippen LogP contribution in [0.4, 0.5) is 0 Å². The highest BCUT2D eigenvalue weighted by molar-refractivity contribution is 6.31. The van der Waals surface area contributed by atoms with Crippen molar-refractivity contribution in [1.82, 2.24) is 4.98 Å². The largest absolute Gasteiger partial charge is 0.489 e. The van der Waals surface area contributed by atoms with Crippen LogP contribution < -0.4 is 4.74 Å². The van der Waals surface area contributed by atoms with Crippen LogP contribution in [-0.2, 0) is 17.8 Å². The van der Waals surface area contributed by atoms with Crippen LogP contribution >= 0.6 is 11.6 Å². The SMILES string of the molecule is O=C(O)Cc1ccccc1OCc1ccncc1Cl. The molecule has 0 aliphatic heterocycles. The van der Waals surface area contributed by atoms with Crippen molar-refractivity contribution in [2.45, 2.75) is 13.0 Å². The third kappa shape index (κ3) is 3.69. The number of carboxylic acids is 1. The number of aromatic nitrogens is 1. The molecule has 0 radical (unpaired) electrons. The Morgan fingerprint density at radius 1 is 1.26 bits per heavy atom. The second-order valence-corrected chi connectivity index (χ2v) is 4.34. The number of hydrogen-bond acceptors (Lipinski definition) is 3. The number of pyridine rings is 1. The molecule has 0 amide bonds. The topological polar surface area (TPSA) is 59.4 Å². The summed E-state index contributed by atoms with van der Waals surface area (Å²) in [5, 5.41) is 9.36. The summed E-state index contributed by atoms with van der Waals surface area (Å²) in [5.41, 5.74) is 1.45. The minimum Gasteiger partial charge on any atom is -0.489 e.